The van der Waals surface area contributed by atoms with E-state index in [1.54, 1.807) is 32.4 Å². The second-order valence-electron chi connectivity index (χ2n) is 3.57. The number of amides is 1. The summed E-state index contributed by atoms with van der Waals surface area (Å²) in [5.74, 6) is 1.13. The van der Waals surface area contributed by atoms with Gasteiger partial charge in [0, 0.05) is 18.8 Å². The van der Waals surface area contributed by atoms with Gasteiger partial charge in [0.25, 0.3) is 0 Å². The normalized spacial score (nSPS) is 10.8. The molecule has 0 aromatic heterocycles. The van der Waals surface area contributed by atoms with Crippen LogP contribution in [-0.4, -0.2) is 39.7 Å². The number of benzene rings is 1. The van der Waals surface area contributed by atoms with Crippen molar-refractivity contribution in [2.24, 2.45) is 10.7 Å². The number of hydrogen-bond acceptors (Lipinski definition) is 4. The minimum Gasteiger partial charge on any atom is -0.493 e. The molecule has 0 heterocycles. The summed E-state index contributed by atoms with van der Waals surface area (Å²) in [4.78, 5) is 14.9. The molecule has 0 radical (unpaired) electrons. The highest BCUT2D eigenvalue weighted by Gasteiger charge is 2.05. The molecule has 4 N–H and O–H groups in total. The van der Waals surface area contributed by atoms with Crippen LogP contribution >= 0.6 is 0 Å². The summed E-state index contributed by atoms with van der Waals surface area (Å²) in [7, 11) is 4.64. The van der Waals surface area contributed by atoms with Crippen LogP contribution in [-0.2, 0) is 4.79 Å². The van der Waals surface area contributed by atoms with Gasteiger partial charge in [-0.25, -0.2) is 4.99 Å². The quantitative estimate of drug-likeness (QED) is 0.521. The fraction of sp³-hybridized carbons (Fsp3) is 0.333. The lowest BCUT2D eigenvalue weighted by molar-refractivity contribution is -0.119. The van der Waals surface area contributed by atoms with Gasteiger partial charge >= 0.3 is 0 Å². The van der Waals surface area contributed by atoms with E-state index in [9.17, 15) is 4.79 Å². The number of likely N-dealkylation sites (N-methyl/N-ethyl adjacent to an activating group) is 1. The number of ether oxygens (including phenoxy) is 2. The largest absolute Gasteiger partial charge is 0.493 e. The summed E-state index contributed by atoms with van der Waals surface area (Å²) in [5, 5.41) is 5.31. The zero-order valence-electron chi connectivity index (χ0n) is 11.2. The summed E-state index contributed by atoms with van der Waals surface area (Å²) in [6.45, 7) is -0.0252. The lowest BCUT2D eigenvalue weighted by Gasteiger charge is -2.10. The van der Waals surface area contributed by atoms with Crippen molar-refractivity contribution in [3.05, 3.63) is 18.2 Å². The highest BCUT2D eigenvalue weighted by molar-refractivity contribution is 5.94. The highest BCUT2D eigenvalue weighted by atomic mass is 16.5. The van der Waals surface area contributed by atoms with Gasteiger partial charge in [0.2, 0.25) is 5.91 Å². The summed E-state index contributed by atoms with van der Waals surface area (Å²) in [5.41, 5.74) is 6.35. The number of guanidine groups is 1. The molecule has 0 spiro atoms. The molecule has 0 unspecified atom stereocenters. The van der Waals surface area contributed by atoms with Crippen molar-refractivity contribution in [1.29, 1.82) is 0 Å². The molecule has 7 heteroatoms. The molecule has 0 saturated carbocycles. The third-order valence-corrected chi connectivity index (χ3v) is 2.33. The van der Waals surface area contributed by atoms with Gasteiger partial charge in [0.15, 0.2) is 17.5 Å². The molecule has 0 aliphatic rings. The molecule has 0 atom stereocenters. The number of nitrogens with zero attached hydrogens (tertiary/aromatic N) is 1. The van der Waals surface area contributed by atoms with Crippen molar-refractivity contribution in [2.45, 2.75) is 0 Å². The monoisotopic (exact) mass is 266 g/mol. The maximum absolute atomic E-state index is 11.0. The zero-order valence-corrected chi connectivity index (χ0v) is 11.2. The third kappa shape index (κ3) is 4.38. The van der Waals surface area contributed by atoms with Gasteiger partial charge in [-0.3, -0.25) is 4.79 Å². The first-order chi connectivity index (χ1) is 9.10. The molecule has 7 nitrogen and oxygen atoms in total. The van der Waals surface area contributed by atoms with Crippen LogP contribution in [0.2, 0.25) is 0 Å². The molecule has 0 fully saturated rings. The summed E-state index contributed by atoms with van der Waals surface area (Å²) < 4.78 is 10.3. The van der Waals surface area contributed by atoms with E-state index in [1.807, 2.05) is 0 Å². The Morgan fingerprint density at radius 2 is 2.00 bits per heavy atom. The topological polar surface area (TPSA) is 98.0 Å². The van der Waals surface area contributed by atoms with Gasteiger partial charge in [0.05, 0.1) is 14.2 Å². The van der Waals surface area contributed by atoms with Gasteiger partial charge in [0.1, 0.15) is 6.54 Å². The SMILES string of the molecule is CNC(=O)CN=C(N)Nc1ccc(OC)c(OC)c1. The van der Waals surface area contributed by atoms with E-state index in [0.29, 0.717) is 17.2 Å². The van der Waals surface area contributed by atoms with Gasteiger partial charge < -0.3 is 25.8 Å². The van der Waals surface area contributed by atoms with Crippen molar-refractivity contribution in [2.75, 3.05) is 33.1 Å². The predicted molar refractivity (Wildman–Crippen MR) is 73.7 cm³/mol. The van der Waals surface area contributed by atoms with E-state index in [1.165, 1.54) is 7.05 Å². The van der Waals surface area contributed by atoms with Crippen LogP contribution < -0.4 is 25.8 Å². The van der Waals surface area contributed by atoms with Gasteiger partial charge in [-0.05, 0) is 12.1 Å². The second kappa shape index (κ2) is 7.10. The first kappa shape index (κ1) is 14.6. The molecule has 1 aromatic rings. The number of nitrogens with two attached hydrogens (primary N) is 1. The second-order valence-corrected chi connectivity index (χ2v) is 3.57. The van der Waals surface area contributed by atoms with E-state index >= 15 is 0 Å². The zero-order chi connectivity index (χ0) is 14.3. The maximum Gasteiger partial charge on any atom is 0.241 e. The average molecular weight is 266 g/mol. The van der Waals surface area contributed by atoms with E-state index in [2.05, 4.69) is 15.6 Å². The summed E-state index contributed by atoms with van der Waals surface area (Å²) in [6, 6.07) is 5.23. The number of carbonyl (C=O) groups is 1. The van der Waals surface area contributed by atoms with Crippen LogP contribution in [0.5, 0.6) is 11.5 Å². The minimum absolute atomic E-state index is 0.0252. The van der Waals surface area contributed by atoms with E-state index < -0.39 is 0 Å². The van der Waals surface area contributed by atoms with Crippen LogP contribution in [0.15, 0.2) is 23.2 Å². The number of rotatable bonds is 5. The molecule has 0 aliphatic carbocycles. The lowest BCUT2D eigenvalue weighted by Crippen LogP contribution is -2.27. The van der Waals surface area contributed by atoms with Crippen LogP contribution in [0.4, 0.5) is 5.69 Å². The number of anilines is 1. The maximum atomic E-state index is 11.0. The first-order valence-corrected chi connectivity index (χ1v) is 5.60. The molecule has 0 saturated heterocycles. The molecular formula is C12H18N4O3. The molecule has 0 bridgehead atoms. The molecule has 104 valence electrons. The van der Waals surface area contributed by atoms with Crippen LogP contribution in [0.25, 0.3) is 0 Å². The van der Waals surface area contributed by atoms with Crippen molar-refractivity contribution in [3.63, 3.8) is 0 Å². The third-order valence-electron chi connectivity index (χ3n) is 2.33. The smallest absolute Gasteiger partial charge is 0.241 e. The van der Waals surface area contributed by atoms with Gasteiger partial charge in [-0.2, -0.15) is 0 Å². The number of aliphatic imine (C=N–C) groups is 1. The predicted octanol–water partition coefficient (Wildman–Crippen LogP) is 0.176. The Hall–Kier alpha value is -2.44. The summed E-state index contributed by atoms with van der Waals surface area (Å²) in [6.07, 6.45) is 0. The number of nitrogens with one attached hydrogen (secondary N) is 2. The minimum atomic E-state index is -0.211. The Labute approximate surface area is 111 Å². The van der Waals surface area contributed by atoms with Crippen molar-refractivity contribution >= 4 is 17.6 Å². The average Bonchev–Trinajstić information content (AvgIpc) is 2.44. The standard InChI is InChI=1S/C12H18N4O3/c1-14-11(17)7-15-12(13)16-8-4-5-9(18-2)10(6-8)19-3/h4-6H,7H2,1-3H3,(H,14,17)(H3,13,15,16). The van der Waals surface area contributed by atoms with E-state index in [-0.39, 0.29) is 18.4 Å². The van der Waals surface area contributed by atoms with Crippen LogP contribution in [0.3, 0.4) is 0 Å². The fourth-order valence-electron chi connectivity index (χ4n) is 1.34. The van der Waals surface area contributed by atoms with Gasteiger partial charge in [-0.1, -0.05) is 0 Å². The molecule has 1 amide bonds. The van der Waals surface area contributed by atoms with Crippen LogP contribution in [0, 0.1) is 0 Å². The molecule has 19 heavy (non-hydrogen) atoms. The Morgan fingerprint density at radius 3 is 2.58 bits per heavy atom. The fourth-order valence-corrected chi connectivity index (χ4v) is 1.34. The first-order valence-electron chi connectivity index (χ1n) is 5.60. The number of hydrogen-bond donors (Lipinski definition) is 3. The lowest BCUT2D eigenvalue weighted by atomic mass is 10.3. The Balaban J connectivity index is 2.74. The Bertz CT molecular complexity index is 474. The molecule has 0 aliphatic heterocycles. The van der Waals surface area contributed by atoms with Crippen molar-refractivity contribution in [3.8, 4) is 11.5 Å². The summed E-state index contributed by atoms with van der Waals surface area (Å²) >= 11 is 0. The van der Waals surface area contributed by atoms with E-state index in [0.717, 1.165) is 0 Å². The number of carbonyl (C=O) groups excluding carboxylic acids is 1. The Morgan fingerprint density at radius 1 is 1.32 bits per heavy atom. The molecular weight excluding hydrogens is 248 g/mol. The highest BCUT2D eigenvalue weighted by Crippen LogP contribution is 2.29. The van der Waals surface area contributed by atoms with Gasteiger partial charge in [-0.15, -0.1) is 0 Å². The van der Waals surface area contributed by atoms with Crippen molar-refractivity contribution < 1.29 is 14.3 Å². The molecule has 1 rings (SSSR count). The number of methoxy groups -OCH3 is 2. The molecule has 1 aromatic carbocycles. The Kier molecular flexibility index (Phi) is 5.46. The van der Waals surface area contributed by atoms with Crippen molar-refractivity contribution in [1.82, 2.24) is 5.32 Å². The van der Waals surface area contributed by atoms with Crippen LogP contribution in [0.1, 0.15) is 0 Å². The van der Waals surface area contributed by atoms with E-state index in [4.69, 9.17) is 15.2 Å².